The molecule has 0 spiro atoms. The Hall–Kier alpha value is -1.69. The van der Waals surface area contributed by atoms with Crippen LogP contribution in [0.25, 0.3) is 0 Å². The Morgan fingerprint density at radius 2 is 2.04 bits per heavy atom. The minimum atomic E-state index is -0.168. The number of benzene rings is 1. The summed E-state index contributed by atoms with van der Waals surface area (Å²) < 4.78 is 5.36. The lowest BCUT2D eigenvalue weighted by Crippen LogP contribution is -2.42. The van der Waals surface area contributed by atoms with Gasteiger partial charge in [0, 0.05) is 44.1 Å². The predicted molar refractivity (Wildman–Crippen MR) is 95.3 cm³/mol. The summed E-state index contributed by atoms with van der Waals surface area (Å²) in [4.78, 5) is 28.6. The highest BCUT2D eigenvalue weighted by atomic mass is 32.2. The standard InChI is InChI=1S/C18H24N2O3S/c1-23-16-5-3-2-4-14(16)6-7-20-13-15(12-17(20)21)18(22)19-8-10-24-11-9-19/h2-5,15H,6-13H2,1H3/t15-/m0/s1. The first-order valence-electron chi connectivity index (χ1n) is 8.45. The van der Waals surface area contributed by atoms with E-state index in [1.54, 1.807) is 7.11 Å². The van der Waals surface area contributed by atoms with Crippen LogP contribution >= 0.6 is 11.8 Å². The minimum Gasteiger partial charge on any atom is -0.496 e. The molecule has 0 unspecified atom stereocenters. The van der Waals surface area contributed by atoms with Crippen LogP contribution in [0, 0.1) is 5.92 Å². The van der Waals surface area contributed by atoms with Crippen molar-refractivity contribution in [2.75, 3.05) is 44.8 Å². The summed E-state index contributed by atoms with van der Waals surface area (Å²) in [5.41, 5.74) is 1.09. The third-order valence-corrected chi connectivity index (χ3v) is 5.67. The third-order valence-electron chi connectivity index (χ3n) is 4.73. The molecule has 0 saturated carbocycles. The zero-order valence-electron chi connectivity index (χ0n) is 14.1. The number of methoxy groups -OCH3 is 1. The maximum absolute atomic E-state index is 12.6. The van der Waals surface area contributed by atoms with Crippen LogP contribution < -0.4 is 4.74 Å². The van der Waals surface area contributed by atoms with E-state index >= 15 is 0 Å². The van der Waals surface area contributed by atoms with Gasteiger partial charge in [-0.25, -0.2) is 0 Å². The van der Waals surface area contributed by atoms with E-state index in [1.165, 1.54) is 0 Å². The second-order valence-corrected chi connectivity index (χ2v) is 7.47. The average Bonchev–Trinajstić information content (AvgIpc) is 3.01. The number of rotatable bonds is 5. The Morgan fingerprint density at radius 3 is 2.79 bits per heavy atom. The molecule has 5 nitrogen and oxygen atoms in total. The van der Waals surface area contributed by atoms with Crippen LogP contribution in [0.1, 0.15) is 12.0 Å². The molecule has 0 N–H and O–H groups in total. The zero-order chi connectivity index (χ0) is 16.9. The first kappa shape index (κ1) is 17.1. The molecule has 1 aromatic rings. The van der Waals surface area contributed by atoms with Gasteiger partial charge in [0.15, 0.2) is 0 Å². The Labute approximate surface area is 147 Å². The lowest BCUT2D eigenvalue weighted by atomic mass is 10.1. The van der Waals surface area contributed by atoms with Gasteiger partial charge in [-0.1, -0.05) is 18.2 Å². The van der Waals surface area contributed by atoms with Gasteiger partial charge in [-0.05, 0) is 18.1 Å². The summed E-state index contributed by atoms with van der Waals surface area (Å²) in [6.07, 6.45) is 1.10. The van der Waals surface area contributed by atoms with Gasteiger partial charge in [-0.2, -0.15) is 11.8 Å². The van der Waals surface area contributed by atoms with Crippen molar-refractivity contribution in [2.45, 2.75) is 12.8 Å². The third kappa shape index (κ3) is 3.86. The average molecular weight is 348 g/mol. The first-order valence-corrected chi connectivity index (χ1v) is 9.60. The molecule has 2 amide bonds. The molecule has 2 aliphatic heterocycles. The van der Waals surface area contributed by atoms with E-state index < -0.39 is 0 Å². The molecule has 6 heteroatoms. The predicted octanol–water partition coefficient (Wildman–Crippen LogP) is 1.66. The summed E-state index contributed by atoms with van der Waals surface area (Å²) in [6.45, 7) is 2.82. The van der Waals surface area contributed by atoms with E-state index in [0.29, 0.717) is 19.5 Å². The number of nitrogens with zero attached hydrogens (tertiary/aromatic N) is 2. The number of likely N-dealkylation sites (tertiary alicyclic amines) is 1. The van der Waals surface area contributed by atoms with Gasteiger partial charge in [0.25, 0.3) is 0 Å². The Bertz CT molecular complexity index is 602. The van der Waals surface area contributed by atoms with Crippen molar-refractivity contribution >= 4 is 23.6 Å². The lowest BCUT2D eigenvalue weighted by Gasteiger charge is -2.28. The fourth-order valence-corrected chi connectivity index (χ4v) is 4.26. The molecule has 0 aromatic heterocycles. The SMILES string of the molecule is COc1ccccc1CCN1C[C@@H](C(=O)N2CCSCC2)CC1=O. The van der Waals surface area contributed by atoms with Crippen molar-refractivity contribution in [2.24, 2.45) is 5.92 Å². The van der Waals surface area contributed by atoms with Crippen molar-refractivity contribution < 1.29 is 14.3 Å². The van der Waals surface area contributed by atoms with Gasteiger partial charge in [-0.15, -0.1) is 0 Å². The van der Waals surface area contributed by atoms with E-state index in [9.17, 15) is 9.59 Å². The van der Waals surface area contributed by atoms with Crippen LogP contribution in [-0.4, -0.2) is 66.4 Å². The van der Waals surface area contributed by atoms with Gasteiger partial charge in [-0.3, -0.25) is 9.59 Å². The smallest absolute Gasteiger partial charge is 0.228 e. The van der Waals surface area contributed by atoms with E-state index in [0.717, 1.165) is 42.3 Å². The van der Waals surface area contributed by atoms with Gasteiger partial charge >= 0.3 is 0 Å². The molecular weight excluding hydrogens is 324 g/mol. The molecule has 1 aromatic carbocycles. The van der Waals surface area contributed by atoms with E-state index in [2.05, 4.69) is 0 Å². The van der Waals surface area contributed by atoms with Crippen LogP contribution in [0.2, 0.25) is 0 Å². The normalized spacial score (nSPS) is 21.2. The van der Waals surface area contributed by atoms with Crippen LogP contribution in [0.4, 0.5) is 0 Å². The Kier molecular flexibility index (Phi) is 5.66. The summed E-state index contributed by atoms with van der Waals surface area (Å²) in [7, 11) is 1.66. The second kappa shape index (κ2) is 7.92. The molecular formula is C18H24N2O3S. The Morgan fingerprint density at radius 1 is 1.29 bits per heavy atom. The van der Waals surface area contributed by atoms with Gasteiger partial charge in [0.1, 0.15) is 5.75 Å². The molecule has 0 bridgehead atoms. The molecule has 2 aliphatic rings. The number of carbonyl (C=O) groups excluding carboxylic acids is 2. The number of carbonyl (C=O) groups is 2. The monoisotopic (exact) mass is 348 g/mol. The van der Waals surface area contributed by atoms with E-state index in [-0.39, 0.29) is 17.7 Å². The minimum absolute atomic E-state index is 0.0923. The van der Waals surface area contributed by atoms with E-state index in [1.807, 2.05) is 45.8 Å². The molecule has 2 saturated heterocycles. The summed E-state index contributed by atoms with van der Waals surface area (Å²) in [5, 5.41) is 0. The van der Waals surface area contributed by atoms with Crippen LogP contribution in [0.5, 0.6) is 5.75 Å². The van der Waals surface area contributed by atoms with Crippen molar-refractivity contribution in [3.05, 3.63) is 29.8 Å². The molecule has 24 heavy (non-hydrogen) atoms. The summed E-state index contributed by atoms with van der Waals surface area (Å²) in [6, 6.07) is 7.87. The molecule has 2 fully saturated rings. The van der Waals surface area contributed by atoms with E-state index in [4.69, 9.17) is 4.74 Å². The molecule has 2 heterocycles. The maximum atomic E-state index is 12.6. The quantitative estimate of drug-likeness (QED) is 0.812. The largest absolute Gasteiger partial charge is 0.496 e. The Balaban J connectivity index is 1.56. The highest BCUT2D eigenvalue weighted by Gasteiger charge is 2.36. The molecule has 0 radical (unpaired) electrons. The number of para-hydroxylation sites is 1. The number of amides is 2. The molecule has 130 valence electrons. The summed E-state index contributed by atoms with van der Waals surface area (Å²) in [5.74, 6) is 2.94. The topological polar surface area (TPSA) is 49.9 Å². The van der Waals surface area contributed by atoms with Gasteiger partial charge < -0.3 is 14.5 Å². The fraction of sp³-hybridized carbons (Fsp3) is 0.556. The van der Waals surface area contributed by atoms with Crippen molar-refractivity contribution in [3.8, 4) is 5.75 Å². The molecule has 3 rings (SSSR count). The summed E-state index contributed by atoms with van der Waals surface area (Å²) >= 11 is 1.89. The van der Waals surface area contributed by atoms with Crippen molar-refractivity contribution in [3.63, 3.8) is 0 Å². The molecule has 0 aliphatic carbocycles. The van der Waals surface area contributed by atoms with Crippen LogP contribution in [-0.2, 0) is 16.0 Å². The maximum Gasteiger partial charge on any atom is 0.228 e. The van der Waals surface area contributed by atoms with Crippen LogP contribution in [0.15, 0.2) is 24.3 Å². The number of ether oxygens (including phenoxy) is 1. The van der Waals surface area contributed by atoms with Gasteiger partial charge in [0.2, 0.25) is 11.8 Å². The molecule has 1 atom stereocenters. The van der Waals surface area contributed by atoms with Crippen molar-refractivity contribution in [1.82, 2.24) is 9.80 Å². The lowest BCUT2D eigenvalue weighted by molar-refractivity contribution is -0.135. The highest BCUT2D eigenvalue weighted by molar-refractivity contribution is 7.99. The van der Waals surface area contributed by atoms with Crippen molar-refractivity contribution in [1.29, 1.82) is 0 Å². The highest BCUT2D eigenvalue weighted by Crippen LogP contribution is 2.24. The number of hydrogen-bond acceptors (Lipinski definition) is 4. The zero-order valence-corrected chi connectivity index (χ0v) is 14.9. The van der Waals surface area contributed by atoms with Gasteiger partial charge in [0.05, 0.1) is 13.0 Å². The number of hydrogen-bond donors (Lipinski definition) is 0. The first-order chi connectivity index (χ1) is 11.7. The number of thioether (sulfide) groups is 1. The second-order valence-electron chi connectivity index (χ2n) is 6.24. The van der Waals surface area contributed by atoms with Crippen LogP contribution in [0.3, 0.4) is 0 Å². The fourth-order valence-electron chi connectivity index (χ4n) is 3.36.